The summed E-state index contributed by atoms with van der Waals surface area (Å²) >= 11 is 0. The largest absolute Gasteiger partial charge is 0.394 e. The highest BCUT2D eigenvalue weighted by molar-refractivity contribution is 5.80. The molecule has 0 fully saturated rings. The Hall–Kier alpha value is -1.43. The van der Waals surface area contributed by atoms with E-state index in [1.165, 1.54) is 173 Å². The first-order valence-corrected chi connectivity index (χ1v) is 23.8. The summed E-state index contributed by atoms with van der Waals surface area (Å²) in [4.78, 5) is 12.4. The molecule has 0 aromatic carbocycles. The van der Waals surface area contributed by atoms with Gasteiger partial charge in [-0.1, -0.05) is 243 Å². The Morgan fingerprint density at radius 1 is 0.463 bits per heavy atom. The zero-order valence-corrected chi connectivity index (χ0v) is 36.1. The van der Waals surface area contributed by atoms with E-state index < -0.39 is 24.2 Å². The first-order valence-electron chi connectivity index (χ1n) is 23.8. The molecular formula is C49H93NO4. The Balaban J connectivity index is 3.49. The van der Waals surface area contributed by atoms with E-state index in [0.29, 0.717) is 6.42 Å². The summed E-state index contributed by atoms with van der Waals surface area (Å²) < 4.78 is 0. The third-order valence-corrected chi connectivity index (χ3v) is 11.0. The van der Waals surface area contributed by atoms with Crippen molar-refractivity contribution in [2.75, 3.05) is 6.61 Å². The molecule has 0 rings (SSSR count). The number of hydrogen-bond donors (Lipinski definition) is 4. The molecule has 0 saturated carbocycles. The summed E-state index contributed by atoms with van der Waals surface area (Å²) in [5, 5.41) is 33.0. The second-order valence-corrected chi connectivity index (χ2v) is 16.3. The SMILES string of the molecule is CC/C=C/CC/C=C/CC/C=C/C(O)C(CO)NC(=O)C(O)CCCCCCCCCCCCCCCCCCCCCCCCCCCCCCCC. The Morgan fingerprint density at radius 2 is 0.778 bits per heavy atom. The van der Waals surface area contributed by atoms with Crippen molar-refractivity contribution in [3.05, 3.63) is 36.5 Å². The number of aliphatic hydroxyl groups is 3. The zero-order chi connectivity index (χ0) is 39.4. The van der Waals surface area contributed by atoms with Gasteiger partial charge in [0.1, 0.15) is 6.10 Å². The number of nitrogens with one attached hydrogen (secondary N) is 1. The lowest BCUT2D eigenvalue weighted by molar-refractivity contribution is -0.131. The van der Waals surface area contributed by atoms with Crippen molar-refractivity contribution < 1.29 is 20.1 Å². The van der Waals surface area contributed by atoms with Gasteiger partial charge in [0.05, 0.1) is 18.8 Å². The lowest BCUT2D eigenvalue weighted by Crippen LogP contribution is -2.48. The van der Waals surface area contributed by atoms with Crippen molar-refractivity contribution >= 4 is 5.91 Å². The molecule has 0 aromatic heterocycles. The van der Waals surface area contributed by atoms with Crippen LogP contribution < -0.4 is 5.32 Å². The number of amides is 1. The molecule has 0 aliphatic carbocycles. The monoisotopic (exact) mass is 760 g/mol. The Morgan fingerprint density at radius 3 is 1.11 bits per heavy atom. The molecule has 0 aliphatic rings. The van der Waals surface area contributed by atoms with Crippen molar-refractivity contribution in [1.29, 1.82) is 0 Å². The molecule has 5 heteroatoms. The van der Waals surface area contributed by atoms with Crippen LogP contribution in [0.3, 0.4) is 0 Å². The minimum atomic E-state index is -1.11. The number of aliphatic hydroxyl groups excluding tert-OH is 3. The molecule has 0 bridgehead atoms. The number of carbonyl (C=O) groups is 1. The Bertz CT molecular complexity index is 840. The highest BCUT2D eigenvalue weighted by Gasteiger charge is 2.22. The molecule has 3 unspecified atom stereocenters. The molecular weight excluding hydrogens is 667 g/mol. The van der Waals surface area contributed by atoms with Crippen LogP contribution in [-0.2, 0) is 4.79 Å². The average Bonchev–Trinajstić information content (AvgIpc) is 3.18. The van der Waals surface area contributed by atoms with Crippen molar-refractivity contribution in [1.82, 2.24) is 5.32 Å². The molecule has 0 saturated heterocycles. The van der Waals surface area contributed by atoms with Crippen LogP contribution in [-0.4, -0.2) is 46.1 Å². The van der Waals surface area contributed by atoms with Crippen molar-refractivity contribution in [2.24, 2.45) is 0 Å². The highest BCUT2D eigenvalue weighted by atomic mass is 16.3. The van der Waals surface area contributed by atoms with Crippen LogP contribution in [0, 0.1) is 0 Å². The van der Waals surface area contributed by atoms with E-state index in [9.17, 15) is 20.1 Å². The summed E-state index contributed by atoms with van der Waals surface area (Å²) in [7, 11) is 0. The molecule has 1 amide bonds. The number of hydrogen-bond acceptors (Lipinski definition) is 4. The molecule has 0 spiro atoms. The van der Waals surface area contributed by atoms with Crippen LogP contribution in [0.4, 0.5) is 0 Å². The summed E-state index contributed by atoms with van der Waals surface area (Å²) in [6, 6.07) is -0.817. The molecule has 0 aliphatic heterocycles. The van der Waals surface area contributed by atoms with E-state index in [4.69, 9.17) is 0 Å². The maximum atomic E-state index is 12.4. The van der Waals surface area contributed by atoms with E-state index in [1.807, 2.05) is 6.08 Å². The Kier molecular flexibility index (Phi) is 43.1. The van der Waals surface area contributed by atoms with Gasteiger partial charge in [0.2, 0.25) is 5.91 Å². The maximum Gasteiger partial charge on any atom is 0.249 e. The van der Waals surface area contributed by atoms with E-state index in [-0.39, 0.29) is 6.61 Å². The van der Waals surface area contributed by atoms with Crippen LogP contribution in [0.2, 0.25) is 0 Å². The van der Waals surface area contributed by atoms with Gasteiger partial charge in [-0.05, 0) is 38.5 Å². The first-order chi connectivity index (χ1) is 26.6. The molecule has 54 heavy (non-hydrogen) atoms. The fraction of sp³-hybridized carbons (Fsp3) is 0.857. The van der Waals surface area contributed by atoms with Gasteiger partial charge >= 0.3 is 0 Å². The smallest absolute Gasteiger partial charge is 0.249 e. The van der Waals surface area contributed by atoms with E-state index in [2.05, 4.69) is 43.5 Å². The van der Waals surface area contributed by atoms with Crippen LogP contribution in [0.25, 0.3) is 0 Å². The van der Waals surface area contributed by atoms with Gasteiger partial charge in [0.25, 0.3) is 0 Å². The molecule has 318 valence electrons. The molecule has 5 nitrogen and oxygen atoms in total. The topological polar surface area (TPSA) is 89.8 Å². The lowest BCUT2D eigenvalue weighted by Gasteiger charge is -2.21. The molecule has 0 aromatic rings. The highest BCUT2D eigenvalue weighted by Crippen LogP contribution is 2.17. The van der Waals surface area contributed by atoms with Gasteiger partial charge in [0.15, 0.2) is 0 Å². The number of allylic oxidation sites excluding steroid dienone is 5. The zero-order valence-electron chi connectivity index (χ0n) is 36.1. The van der Waals surface area contributed by atoms with Gasteiger partial charge in [-0.3, -0.25) is 4.79 Å². The van der Waals surface area contributed by atoms with Gasteiger partial charge < -0.3 is 20.6 Å². The predicted molar refractivity (Wildman–Crippen MR) is 236 cm³/mol. The third-order valence-electron chi connectivity index (χ3n) is 11.0. The van der Waals surface area contributed by atoms with Crippen LogP contribution in [0.1, 0.15) is 245 Å². The van der Waals surface area contributed by atoms with Crippen molar-refractivity contribution in [3.63, 3.8) is 0 Å². The second kappa shape index (κ2) is 44.3. The quantitative estimate of drug-likeness (QED) is 0.0368. The van der Waals surface area contributed by atoms with Crippen LogP contribution in [0.5, 0.6) is 0 Å². The minimum absolute atomic E-state index is 0.380. The third kappa shape index (κ3) is 38.8. The summed E-state index contributed by atoms with van der Waals surface area (Å²) in [5.41, 5.74) is 0. The first kappa shape index (κ1) is 52.6. The maximum absolute atomic E-state index is 12.4. The van der Waals surface area contributed by atoms with Gasteiger partial charge in [0, 0.05) is 0 Å². The molecule has 0 radical (unpaired) electrons. The van der Waals surface area contributed by atoms with Crippen LogP contribution >= 0.6 is 0 Å². The fourth-order valence-corrected chi connectivity index (χ4v) is 7.28. The number of unbranched alkanes of at least 4 members (excludes halogenated alkanes) is 31. The van der Waals surface area contributed by atoms with Gasteiger partial charge in [-0.2, -0.15) is 0 Å². The van der Waals surface area contributed by atoms with Crippen LogP contribution in [0.15, 0.2) is 36.5 Å². The minimum Gasteiger partial charge on any atom is -0.394 e. The van der Waals surface area contributed by atoms with E-state index >= 15 is 0 Å². The summed E-state index contributed by atoms with van der Waals surface area (Å²) in [5.74, 6) is -0.517. The lowest BCUT2D eigenvalue weighted by atomic mass is 10.0. The van der Waals surface area contributed by atoms with Crippen molar-refractivity contribution in [3.8, 4) is 0 Å². The number of rotatable bonds is 43. The van der Waals surface area contributed by atoms with Gasteiger partial charge in [-0.15, -0.1) is 0 Å². The second-order valence-electron chi connectivity index (χ2n) is 16.3. The molecule has 0 heterocycles. The van der Waals surface area contributed by atoms with E-state index in [0.717, 1.165) is 51.4 Å². The predicted octanol–water partition coefficient (Wildman–Crippen LogP) is 13.9. The van der Waals surface area contributed by atoms with Gasteiger partial charge in [-0.25, -0.2) is 0 Å². The standard InChI is InChI=1S/C49H93NO4/c1-3-5-7-9-11-13-15-16-17-18-19-20-21-22-23-24-25-26-27-28-29-30-31-32-33-34-36-38-40-42-44-48(53)49(54)50-46(45-51)47(52)43-41-39-37-35-14-12-10-8-6-4-2/h6,8,14,35,41,43,46-48,51-53H,3-5,7,9-13,15-34,36-40,42,44-45H2,1-2H3,(H,50,54)/b8-6+,35-14+,43-41+. The number of carbonyl (C=O) groups excluding carboxylic acids is 1. The molecule has 3 atom stereocenters. The Labute approximate surface area is 336 Å². The summed E-state index contributed by atoms with van der Waals surface area (Å²) in [6.07, 6.45) is 56.5. The van der Waals surface area contributed by atoms with Crippen molar-refractivity contribution in [2.45, 2.75) is 263 Å². The fourth-order valence-electron chi connectivity index (χ4n) is 7.28. The molecule has 4 N–H and O–H groups in total. The normalized spacial score (nSPS) is 13.8. The van der Waals surface area contributed by atoms with E-state index in [1.54, 1.807) is 6.08 Å². The summed E-state index contributed by atoms with van der Waals surface area (Å²) in [6.45, 7) is 4.05. The average molecular weight is 760 g/mol.